The fraction of sp³-hybridized carbons (Fsp3) is 0.200. The van der Waals surface area contributed by atoms with Gasteiger partial charge in [0.2, 0.25) is 5.95 Å². The second-order valence-corrected chi connectivity index (χ2v) is 4.92. The molecule has 2 N–H and O–H groups in total. The van der Waals surface area contributed by atoms with Crippen LogP contribution < -0.4 is 10.1 Å². The molecule has 9 nitrogen and oxygen atoms in total. The average molecular weight is 330 g/mol. The Bertz CT molecular complexity index is 825. The minimum atomic E-state index is -1.14. The van der Waals surface area contributed by atoms with Crippen LogP contribution in [-0.2, 0) is 9.53 Å². The van der Waals surface area contributed by atoms with Crippen molar-refractivity contribution in [3.05, 3.63) is 47.4 Å². The first-order chi connectivity index (χ1) is 11.5. The summed E-state index contributed by atoms with van der Waals surface area (Å²) >= 11 is 0. The van der Waals surface area contributed by atoms with E-state index in [2.05, 4.69) is 20.1 Å². The summed E-state index contributed by atoms with van der Waals surface area (Å²) in [5.41, 5.74) is 0.714. The van der Waals surface area contributed by atoms with Crippen molar-refractivity contribution in [3.63, 3.8) is 0 Å². The first-order valence-electron chi connectivity index (χ1n) is 6.94. The average Bonchev–Trinajstić information content (AvgIpc) is 3.04. The van der Waals surface area contributed by atoms with Gasteiger partial charge < -0.3 is 19.9 Å². The zero-order valence-corrected chi connectivity index (χ0v) is 12.9. The van der Waals surface area contributed by atoms with Crippen LogP contribution in [0.25, 0.3) is 0 Å². The normalized spacial score (nSPS) is 15.8. The number of benzene rings is 1. The van der Waals surface area contributed by atoms with Crippen molar-refractivity contribution in [2.75, 3.05) is 19.5 Å². The lowest BCUT2D eigenvalue weighted by Crippen LogP contribution is -2.24. The minimum Gasteiger partial charge on any atom is -0.497 e. The molecule has 2 heterocycles. The Morgan fingerprint density at radius 2 is 1.96 bits per heavy atom. The lowest BCUT2D eigenvalue weighted by molar-refractivity contribution is -0.132. The number of ether oxygens (including phenoxy) is 2. The molecule has 2 aromatic rings. The Morgan fingerprint density at radius 3 is 2.54 bits per heavy atom. The number of carboxylic acids is 1. The van der Waals surface area contributed by atoms with Crippen molar-refractivity contribution in [1.29, 1.82) is 0 Å². The number of esters is 1. The van der Waals surface area contributed by atoms with E-state index in [9.17, 15) is 14.7 Å². The second-order valence-electron chi connectivity index (χ2n) is 4.92. The molecule has 0 bridgehead atoms. The van der Waals surface area contributed by atoms with Gasteiger partial charge in [0.1, 0.15) is 17.5 Å². The molecule has 3 rings (SSSR count). The van der Waals surface area contributed by atoms with E-state index in [1.165, 1.54) is 17.9 Å². The number of hydrogen-bond acceptors (Lipinski definition) is 7. The molecule has 0 aliphatic carbocycles. The van der Waals surface area contributed by atoms with Crippen LogP contribution in [0.3, 0.4) is 0 Å². The van der Waals surface area contributed by atoms with Crippen LogP contribution in [0.5, 0.6) is 5.75 Å². The van der Waals surface area contributed by atoms with Gasteiger partial charge in [0.15, 0.2) is 0 Å². The highest BCUT2D eigenvalue weighted by Gasteiger charge is 2.29. The van der Waals surface area contributed by atoms with Crippen LogP contribution in [-0.4, -0.2) is 46.0 Å². The maximum absolute atomic E-state index is 11.6. The Labute approximate surface area is 136 Å². The van der Waals surface area contributed by atoms with Gasteiger partial charge in [0.25, 0.3) is 5.82 Å². The molecule has 0 unspecified atom stereocenters. The highest BCUT2D eigenvalue weighted by atomic mass is 16.5. The third-order valence-corrected chi connectivity index (χ3v) is 3.52. The monoisotopic (exact) mass is 330 g/mol. The zero-order chi connectivity index (χ0) is 17.3. The van der Waals surface area contributed by atoms with E-state index in [0.29, 0.717) is 5.75 Å². The van der Waals surface area contributed by atoms with Crippen LogP contribution >= 0.6 is 0 Å². The predicted molar refractivity (Wildman–Crippen MR) is 81.8 cm³/mol. The summed E-state index contributed by atoms with van der Waals surface area (Å²) in [5.74, 6) is -1.18. The summed E-state index contributed by atoms with van der Waals surface area (Å²) in [7, 11) is 2.78. The van der Waals surface area contributed by atoms with E-state index in [0.717, 1.165) is 5.56 Å². The molecule has 0 amide bonds. The Morgan fingerprint density at radius 1 is 1.25 bits per heavy atom. The standard InChI is InChI=1S/C15H14N4O5/c1-23-9-5-3-8(4-6-9)11-7-10(13(20)21)16-15-17-12(14(22)24-2)18-19(11)15/h3-7,11H,1-2H3,(H,20,21)(H,16,17,18)/t11-/m1/s1. The molecule has 1 aliphatic rings. The highest BCUT2D eigenvalue weighted by Crippen LogP contribution is 2.30. The summed E-state index contributed by atoms with van der Waals surface area (Å²) in [5, 5.41) is 16.0. The van der Waals surface area contributed by atoms with Gasteiger partial charge in [0.05, 0.1) is 14.2 Å². The first kappa shape index (κ1) is 15.5. The molecule has 1 aliphatic heterocycles. The quantitative estimate of drug-likeness (QED) is 0.799. The van der Waals surface area contributed by atoms with Gasteiger partial charge in [0, 0.05) is 0 Å². The number of carbonyl (C=O) groups excluding carboxylic acids is 1. The zero-order valence-electron chi connectivity index (χ0n) is 12.9. The van der Waals surface area contributed by atoms with Crippen LogP contribution in [0.4, 0.5) is 5.95 Å². The number of rotatable bonds is 4. The Kier molecular flexibility index (Phi) is 3.90. The van der Waals surface area contributed by atoms with Crippen LogP contribution in [0, 0.1) is 0 Å². The molecule has 1 aromatic heterocycles. The van der Waals surface area contributed by atoms with E-state index in [1.54, 1.807) is 31.4 Å². The van der Waals surface area contributed by atoms with E-state index in [4.69, 9.17) is 4.74 Å². The van der Waals surface area contributed by atoms with E-state index < -0.39 is 18.0 Å². The maximum atomic E-state index is 11.6. The van der Waals surface area contributed by atoms with Crippen LogP contribution in [0.15, 0.2) is 36.0 Å². The molecule has 1 atom stereocenters. The van der Waals surface area contributed by atoms with Gasteiger partial charge >= 0.3 is 11.9 Å². The maximum Gasteiger partial charge on any atom is 0.378 e. The lowest BCUT2D eigenvalue weighted by atomic mass is 10.0. The van der Waals surface area contributed by atoms with Gasteiger partial charge in [-0.15, -0.1) is 5.10 Å². The molecule has 9 heteroatoms. The highest BCUT2D eigenvalue weighted by molar-refractivity contribution is 5.91. The number of hydrogen-bond donors (Lipinski definition) is 2. The number of fused-ring (bicyclic) bond motifs is 1. The summed E-state index contributed by atoms with van der Waals surface area (Å²) in [4.78, 5) is 27.0. The van der Waals surface area contributed by atoms with Gasteiger partial charge in [-0.3, -0.25) is 0 Å². The lowest BCUT2D eigenvalue weighted by Gasteiger charge is -2.22. The van der Waals surface area contributed by atoms with Gasteiger partial charge in [-0.05, 0) is 23.8 Å². The molecule has 0 fully saturated rings. The smallest absolute Gasteiger partial charge is 0.378 e. The van der Waals surface area contributed by atoms with Crippen molar-refractivity contribution in [3.8, 4) is 5.75 Å². The fourth-order valence-electron chi connectivity index (χ4n) is 2.33. The fourth-order valence-corrected chi connectivity index (χ4v) is 2.33. The van der Waals surface area contributed by atoms with Crippen LogP contribution in [0.2, 0.25) is 0 Å². The molecule has 1 aromatic carbocycles. The molecule has 24 heavy (non-hydrogen) atoms. The summed E-state index contributed by atoms with van der Waals surface area (Å²) in [6.07, 6.45) is 1.49. The topological polar surface area (TPSA) is 116 Å². The number of aliphatic carboxylic acids is 1. The molecular formula is C15H14N4O5. The van der Waals surface area contributed by atoms with Gasteiger partial charge in [-0.25, -0.2) is 14.3 Å². The van der Waals surface area contributed by atoms with Crippen LogP contribution in [0.1, 0.15) is 22.2 Å². The number of carboxylic acid groups (broad SMARTS) is 1. The number of anilines is 1. The number of aromatic nitrogens is 3. The van der Waals surface area contributed by atoms with E-state index in [1.807, 2.05) is 0 Å². The molecule has 0 saturated heterocycles. The predicted octanol–water partition coefficient (Wildman–Crippen LogP) is 1.06. The van der Waals surface area contributed by atoms with E-state index >= 15 is 0 Å². The SMILES string of the molecule is COC(=O)c1nc2n(n1)[C@@H](c1ccc(OC)cc1)C=C(C(=O)O)N2. The minimum absolute atomic E-state index is 0.0490. The van der Waals surface area contributed by atoms with Crippen molar-refractivity contribution in [2.24, 2.45) is 0 Å². The first-order valence-corrected chi connectivity index (χ1v) is 6.94. The number of carbonyl (C=O) groups is 2. The summed E-state index contributed by atoms with van der Waals surface area (Å²) in [6.45, 7) is 0. The number of allylic oxidation sites excluding steroid dienone is 1. The van der Waals surface area contributed by atoms with Crippen molar-refractivity contribution >= 4 is 17.9 Å². The van der Waals surface area contributed by atoms with Crippen molar-refractivity contribution < 1.29 is 24.2 Å². The van der Waals surface area contributed by atoms with Crippen molar-refractivity contribution in [1.82, 2.24) is 14.8 Å². The van der Waals surface area contributed by atoms with Crippen molar-refractivity contribution in [2.45, 2.75) is 6.04 Å². The van der Waals surface area contributed by atoms with Gasteiger partial charge in [-0.1, -0.05) is 12.1 Å². The molecule has 0 spiro atoms. The van der Waals surface area contributed by atoms with E-state index in [-0.39, 0.29) is 17.5 Å². The number of methoxy groups -OCH3 is 2. The molecule has 0 radical (unpaired) electrons. The number of nitrogens with zero attached hydrogens (tertiary/aromatic N) is 3. The molecule has 124 valence electrons. The molecular weight excluding hydrogens is 316 g/mol. The Hall–Kier alpha value is -3.36. The third kappa shape index (κ3) is 2.67. The summed E-state index contributed by atoms with van der Waals surface area (Å²) < 4.78 is 11.2. The second kappa shape index (κ2) is 6.03. The summed E-state index contributed by atoms with van der Waals surface area (Å²) in [6, 6.07) is 6.54. The Balaban J connectivity index is 2.07. The molecule has 0 saturated carbocycles. The largest absolute Gasteiger partial charge is 0.497 e. The number of nitrogens with one attached hydrogen (secondary N) is 1. The third-order valence-electron chi connectivity index (χ3n) is 3.52. The van der Waals surface area contributed by atoms with Gasteiger partial charge in [-0.2, -0.15) is 4.98 Å².